The van der Waals surface area contributed by atoms with Crippen molar-refractivity contribution >= 4 is 11.8 Å². The van der Waals surface area contributed by atoms with Crippen LogP contribution in [0.25, 0.3) is 0 Å². The minimum atomic E-state index is 0.389. The van der Waals surface area contributed by atoms with Crippen molar-refractivity contribution in [2.45, 2.75) is 49.9 Å². The van der Waals surface area contributed by atoms with E-state index < -0.39 is 0 Å². The second-order valence-corrected chi connectivity index (χ2v) is 5.65. The Hall–Kier alpha value is -0.410. The van der Waals surface area contributed by atoms with Gasteiger partial charge in [-0.3, -0.25) is 0 Å². The van der Waals surface area contributed by atoms with Crippen LogP contribution >= 0.6 is 11.8 Å². The molecule has 2 nitrogen and oxygen atoms in total. The van der Waals surface area contributed by atoms with Crippen molar-refractivity contribution in [3.63, 3.8) is 0 Å². The molecular weight excluding hydrogens is 218 g/mol. The van der Waals surface area contributed by atoms with Crippen LogP contribution in [0.1, 0.15) is 44.4 Å². The predicted molar refractivity (Wildman–Crippen MR) is 69.8 cm³/mol. The van der Waals surface area contributed by atoms with Crippen molar-refractivity contribution in [3.8, 4) is 0 Å². The summed E-state index contributed by atoms with van der Waals surface area (Å²) in [6, 6.07) is 5.11. The van der Waals surface area contributed by atoms with Crippen LogP contribution in [0, 0.1) is 0 Å². The zero-order valence-electron chi connectivity index (χ0n) is 10.1. The molecule has 1 heterocycles. The Kier molecular flexibility index (Phi) is 4.36. The first-order chi connectivity index (χ1) is 7.83. The van der Waals surface area contributed by atoms with E-state index in [1.165, 1.54) is 19.3 Å². The third-order valence-electron chi connectivity index (χ3n) is 3.45. The van der Waals surface area contributed by atoms with E-state index in [2.05, 4.69) is 24.6 Å². The molecule has 0 radical (unpaired) electrons. The van der Waals surface area contributed by atoms with Gasteiger partial charge in [0.25, 0.3) is 0 Å². The summed E-state index contributed by atoms with van der Waals surface area (Å²) in [5.41, 5.74) is 0. The van der Waals surface area contributed by atoms with Gasteiger partial charge in [0, 0.05) is 11.3 Å². The van der Waals surface area contributed by atoms with Crippen LogP contribution in [0.3, 0.4) is 0 Å². The summed E-state index contributed by atoms with van der Waals surface area (Å²) in [6.07, 6.45) is 9.04. The molecule has 0 amide bonds. The molecule has 1 saturated carbocycles. The molecule has 1 aromatic rings. The number of thioether (sulfide) groups is 1. The van der Waals surface area contributed by atoms with Gasteiger partial charge in [-0.2, -0.15) is 11.8 Å². The lowest BCUT2D eigenvalue weighted by molar-refractivity contribution is 0.365. The van der Waals surface area contributed by atoms with Crippen molar-refractivity contribution in [1.29, 1.82) is 0 Å². The Balaban J connectivity index is 1.88. The number of furan rings is 1. The first kappa shape index (κ1) is 12.1. The van der Waals surface area contributed by atoms with E-state index in [4.69, 9.17) is 4.42 Å². The molecule has 1 N–H and O–H groups in total. The zero-order chi connectivity index (χ0) is 11.4. The maximum atomic E-state index is 5.48. The molecule has 3 heteroatoms. The molecule has 16 heavy (non-hydrogen) atoms. The number of nitrogens with one attached hydrogen (secondary N) is 1. The third-order valence-corrected chi connectivity index (χ3v) is 4.54. The van der Waals surface area contributed by atoms with Crippen LogP contribution in [-0.4, -0.2) is 17.5 Å². The maximum Gasteiger partial charge on any atom is 0.120 e. The van der Waals surface area contributed by atoms with E-state index in [0.29, 0.717) is 12.1 Å². The topological polar surface area (TPSA) is 25.2 Å². The number of rotatable bonds is 5. The first-order valence-corrected chi connectivity index (χ1v) is 7.44. The second-order valence-electron chi connectivity index (χ2n) is 4.51. The summed E-state index contributed by atoms with van der Waals surface area (Å²) < 4.78 is 5.48. The molecular formula is C13H21NOS. The SMILES string of the molecule is CCC(NC1CCC(SC)C1)c1ccco1. The lowest BCUT2D eigenvalue weighted by atomic mass is 10.1. The van der Waals surface area contributed by atoms with Gasteiger partial charge in [0.1, 0.15) is 5.76 Å². The van der Waals surface area contributed by atoms with E-state index in [-0.39, 0.29) is 0 Å². The van der Waals surface area contributed by atoms with Crippen LogP contribution < -0.4 is 5.32 Å². The molecule has 0 bridgehead atoms. The van der Waals surface area contributed by atoms with Crippen LogP contribution in [0.4, 0.5) is 0 Å². The highest BCUT2D eigenvalue weighted by Gasteiger charge is 2.26. The van der Waals surface area contributed by atoms with Gasteiger partial charge < -0.3 is 9.73 Å². The second kappa shape index (κ2) is 5.78. The van der Waals surface area contributed by atoms with Gasteiger partial charge in [0.15, 0.2) is 0 Å². The van der Waals surface area contributed by atoms with Crippen molar-refractivity contribution in [2.75, 3.05) is 6.26 Å². The van der Waals surface area contributed by atoms with Crippen LogP contribution in [0.2, 0.25) is 0 Å². The molecule has 0 aliphatic heterocycles. The Morgan fingerprint density at radius 1 is 1.56 bits per heavy atom. The van der Waals surface area contributed by atoms with Crippen molar-refractivity contribution in [3.05, 3.63) is 24.2 Å². The molecule has 0 saturated heterocycles. The van der Waals surface area contributed by atoms with Crippen LogP contribution in [0.5, 0.6) is 0 Å². The highest BCUT2D eigenvalue weighted by atomic mass is 32.2. The van der Waals surface area contributed by atoms with Crippen LogP contribution in [0.15, 0.2) is 22.8 Å². The summed E-state index contributed by atoms with van der Waals surface area (Å²) >= 11 is 2.00. The molecule has 0 aromatic carbocycles. The average molecular weight is 239 g/mol. The fourth-order valence-electron chi connectivity index (χ4n) is 2.48. The van der Waals surface area contributed by atoms with Gasteiger partial charge in [-0.15, -0.1) is 0 Å². The van der Waals surface area contributed by atoms with E-state index in [9.17, 15) is 0 Å². The van der Waals surface area contributed by atoms with Crippen molar-refractivity contribution < 1.29 is 4.42 Å². The van der Waals surface area contributed by atoms with Crippen molar-refractivity contribution in [1.82, 2.24) is 5.32 Å². The highest BCUT2D eigenvalue weighted by Crippen LogP contribution is 2.30. The zero-order valence-corrected chi connectivity index (χ0v) is 10.9. The monoisotopic (exact) mass is 239 g/mol. The third kappa shape index (κ3) is 2.83. The minimum absolute atomic E-state index is 0.389. The smallest absolute Gasteiger partial charge is 0.120 e. The molecule has 3 atom stereocenters. The normalized spacial score (nSPS) is 27.1. The standard InChI is InChI=1S/C13H21NOS/c1-3-12(13-5-4-8-15-13)14-10-6-7-11(9-10)16-2/h4-5,8,10-12,14H,3,6-7,9H2,1-2H3. The Morgan fingerprint density at radius 3 is 3.00 bits per heavy atom. The molecule has 90 valence electrons. The van der Waals surface area contributed by atoms with Gasteiger partial charge in [0.2, 0.25) is 0 Å². The maximum absolute atomic E-state index is 5.48. The highest BCUT2D eigenvalue weighted by molar-refractivity contribution is 7.99. The van der Waals surface area contributed by atoms with Crippen LogP contribution in [-0.2, 0) is 0 Å². The molecule has 1 aliphatic carbocycles. The minimum Gasteiger partial charge on any atom is -0.468 e. The molecule has 0 spiro atoms. The van der Waals surface area contributed by atoms with E-state index in [1.54, 1.807) is 6.26 Å². The fourth-order valence-corrected chi connectivity index (χ4v) is 3.28. The molecule has 3 unspecified atom stereocenters. The Labute approximate surface area is 102 Å². The van der Waals surface area contributed by atoms with E-state index in [1.807, 2.05) is 17.8 Å². The summed E-state index contributed by atoms with van der Waals surface area (Å²) in [7, 11) is 0. The number of hydrogen-bond acceptors (Lipinski definition) is 3. The van der Waals surface area contributed by atoms with E-state index >= 15 is 0 Å². The largest absolute Gasteiger partial charge is 0.468 e. The quantitative estimate of drug-likeness (QED) is 0.850. The van der Waals surface area contributed by atoms with Gasteiger partial charge in [-0.25, -0.2) is 0 Å². The van der Waals surface area contributed by atoms with Gasteiger partial charge in [-0.1, -0.05) is 6.92 Å². The lowest BCUT2D eigenvalue weighted by Gasteiger charge is -2.20. The average Bonchev–Trinajstić information content (AvgIpc) is 2.96. The van der Waals surface area contributed by atoms with Gasteiger partial charge in [-0.05, 0) is 44.1 Å². The fraction of sp³-hybridized carbons (Fsp3) is 0.692. The van der Waals surface area contributed by atoms with E-state index in [0.717, 1.165) is 17.4 Å². The summed E-state index contributed by atoms with van der Waals surface area (Å²) in [6.45, 7) is 2.21. The Bertz CT molecular complexity index is 299. The molecule has 1 aliphatic rings. The summed E-state index contributed by atoms with van der Waals surface area (Å²) in [4.78, 5) is 0. The Morgan fingerprint density at radius 2 is 2.44 bits per heavy atom. The van der Waals surface area contributed by atoms with Gasteiger partial charge >= 0.3 is 0 Å². The molecule has 1 aromatic heterocycles. The van der Waals surface area contributed by atoms with Crippen molar-refractivity contribution in [2.24, 2.45) is 0 Å². The first-order valence-electron chi connectivity index (χ1n) is 6.15. The summed E-state index contributed by atoms with van der Waals surface area (Å²) in [5, 5.41) is 4.58. The molecule has 2 rings (SSSR count). The number of hydrogen-bond donors (Lipinski definition) is 1. The van der Waals surface area contributed by atoms with Gasteiger partial charge in [0.05, 0.1) is 12.3 Å². The molecule has 1 fully saturated rings. The summed E-state index contributed by atoms with van der Waals surface area (Å²) in [5.74, 6) is 1.08. The predicted octanol–water partition coefficient (Wildman–Crippen LogP) is 3.60. The lowest BCUT2D eigenvalue weighted by Crippen LogP contribution is -2.30.